The maximum atomic E-state index is 13.0. The van der Waals surface area contributed by atoms with Gasteiger partial charge in [-0.05, 0) is 19.4 Å². The first-order valence-corrected chi connectivity index (χ1v) is 9.92. The number of aromatic nitrogens is 4. The molecule has 3 heterocycles. The van der Waals surface area contributed by atoms with Crippen molar-refractivity contribution in [3.05, 3.63) is 62.6 Å². The fourth-order valence-corrected chi connectivity index (χ4v) is 4.16. The van der Waals surface area contributed by atoms with Gasteiger partial charge in [0.2, 0.25) is 0 Å². The molecule has 1 aliphatic rings. The van der Waals surface area contributed by atoms with E-state index in [9.17, 15) is 9.59 Å². The van der Waals surface area contributed by atoms with Crippen LogP contribution >= 0.6 is 0 Å². The summed E-state index contributed by atoms with van der Waals surface area (Å²) >= 11 is 0. The first kappa shape index (κ1) is 19.6. The Hall–Kier alpha value is -2.71. The summed E-state index contributed by atoms with van der Waals surface area (Å²) in [5.41, 5.74) is 1.28. The van der Waals surface area contributed by atoms with E-state index in [1.165, 1.54) is 11.6 Å². The Morgan fingerprint density at radius 3 is 2.31 bits per heavy atom. The van der Waals surface area contributed by atoms with Crippen LogP contribution in [0.3, 0.4) is 0 Å². The van der Waals surface area contributed by atoms with Crippen LogP contribution in [-0.2, 0) is 31.9 Å². The highest BCUT2D eigenvalue weighted by Gasteiger charge is 2.25. The average molecular weight is 397 g/mol. The second-order valence-electron chi connectivity index (χ2n) is 7.93. The van der Waals surface area contributed by atoms with E-state index < -0.39 is 0 Å². The van der Waals surface area contributed by atoms with E-state index >= 15 is 0 Å². The van der Waals surface area contributed by atoms with E-state index in [0.717, 1.165) is 29.0 Å². The second-order valence-corrected chi connectivity index (χ2v) is 7.93. The number of nitrogens with zero attached hydrogens (tertiary/aromatic N) is 5. The first-order chi connectivity index (χ1) is 13.8. The fourth-order valence-electron chi connectivity index (χ4n) is 4.16. The third-order valence-corrected chi connectivity index (χ3v) is 5.47. The van der Waals surface area contributed by atoms with Crippen molar-refractivity contribution in [3.8, 4) is 0 Å². The molecule has 1 fully saturated rings. The second kappa shape index (κ2) is 7.61. The smallest absolute Gasteiger partial charge is 0.332 e. The van der Waals surface area contributed by atoms with Gasteiger partial charge in [0.1, 0.15) is 5.82 Å². The maximum absolute atomic E-state index is 13.0. The van der Waals surface area contributed by atoms with Crippen molar-refractivity contribution in [1.29, 1.82) is 0 Å². The molecule has 4 rings (SSSR count). The molecule has 29 heavy (non-hydrogen) atoms. The van der Waals surface area contributed by atoms with Crippen LogP contribution in [0, 0.1) is 0 Å². The molecule has 2 aromatic heterocycles. The summed E-state index contributed by atoms with van der Waals surface area (Å²) in [6.07, 6.45) is 0.283. The topological polar surface area (TPSA) is 74.3 Å². The molecule has 0 spiro atoms. The zero-order valence-corrected chi connectivity index (χ0v) is 17.3. The Labute approximate surface area is 169 Å². The van der Waals surface area contributed by atoms with Crippen LogP contribution in [0.15, 0.2) is 39.9 Å². The normalized spacial score (nSPS) is 20.4. The molecule has 1 aromatic carbocycles. The van der Waals surface area contributed by atoms with Crippen LogP contribution in [0.5, 0.6) is 0 Å². The summed E-state index contributed by atoms with van der Waals surface area (Å²) in [6.45, 7) is 6.85. The Morgan fingerprint density at radius 1 is 1.00 bits per heavy atom. The van der Waals surface area contributed by atoms with Gasteiger partial charge < -0.3 is 9.30 Å². The molecule has 0 aliphatic carbocycles. The molecular formula is C21H27N5O3. The molecule has 3 aromatic rings. The minimum Gasteiger partial charge on any atom is -0.373 e. The number of imidazole rings is 1. The van der Waals surface area contributed by atoms with E-state index in [4.69, 9.17) is 9.72 Å². The number of aryl methyl sites for hydroxylation is 1. The third-order valence-electron chi connectivity index (χ3n) is 5.47. The highest BCUT2D eigenvalue weighted by molar-refractivity contribution is 5.71. The maximum Gasteiger partial charge on any atom is 0.332 e. The molecule has 8 heteroatoms. The number of benzene rings is 1. The summed E-state index contributed by atoms with van der Waals surface area (Å²) in [5.74, 6) is 0.781. The molecule has 0 unspecified atom stereocenters. The van der Waals surface area contributed by atoms with Gasteiger partial charge in [0.15, 0.2) is 11.2 Å². The van der Waals surface area contributed by atoms with Gasteiger partial charge in [-0.15, -0.1) is 0 Å². The lowest BCUT2D eigenvalue weighted by molar-refractivity contribution is -0.0712. The van der Waals surface area contributed by atoms with Gasteiger partial charge in [0, 0.05) is 33.7 Å². The SMILES string of the molecule is C[C@@H]1CN(Cc2nc3c(c(=O)n(C)c(=O)n3C)n2Cc2ccccc2)C[C@@H](C)O1. The Kier molecular flexibility index (Phi) is 5.14. The van der Waals surface area contributed by atoms with E-state index in [0.29, 0.717) is 24.3 Å². The summed E-state index contributed by atoms with van der Waals surface area (Å²) in [4.78, 5) is 32.4. The standard InChI is InChI=1S/C21H27N5O3/c1-14-10-25(11-15(2)29-14)13-17-22-19-18(20(27)24(4)21(28)23(19)3)26(17)12-16-8-6-5-7-9-16/h5-9,14-15H,10-13H2,1-4H3/t14-,15-/m1/s1. The van der Waals surface area contributed by atoms with Crippen LogP contribution < -0.4 is 11.2 Å². The molecule has 2 atom stereocenters. The lowest BCUT2D eigenvalue weighted by Gasteiger charge is -2.35. The molecule has 0 radical (unpaired) electrons. The predicted molar refractivity (Wildman–Crippen MR) is 111 cm³/mol. The van der Waals surface area contributed by atoms with Crippen LogP contribution in [0.1, 0.15) is 25.2 Å². The van der Waals surface area contributed by atoms with E-state index in [-0.39, 0.29) is 23.5 Å². The van der Waals surface area contributed by atoms with Crippen LogP contribution in [-0.4, -0.2) is 48.9 Å². The van der Waals surface area contributed by atoms with Gasteiger partial charge >= 0.3 is 5.69 Å². The van der Waals surface area contributed by atoms with E-state index in [1.807, 2.05) is 34.9 Å². The first-order valence-electron chi connectivity index (χ1n) is 9.92. The van der Waals surface area contributed by atoms with Crippen molar-refractivity contribution in [2.45, 2.75) is 39.1 Å². The summed E-state index contributed by atoms with van der Waals surface area (Å²) < 4.78 is 10.4. The quantitative estimate of drug-likeness (QED) is 0.659. The lowest BCUT2D eigenvalue weighted by atomic mass is 10.2. The largest absolute Gasteiger partial charge is 0.373 e. The number of ether oxygens (including phenoxy) is 1. The summed E-state index contributed by atoms with van der Waals surface area (Å²) in [7, 11) is 3.17. The zero-order valence-electron chi connectivity index (χ0n) is 17.3. The molecular weight excluding hydrogens is 370 g/mol. The van der Waals surface area contributed by atoms with Crippen molar-refractivity contribution in [3.63, 3.8) is 0 Å². The van der Waals surface area contributed by atoms with Crippen molar-refractivity contribution >= 4 is 11.2 Å². The van der Waals surface area contributed by atoms with E-state index in [1.54, 1.807) is 7.05 Å². The lowest BCUT2D eigenvalue weighted by Crippen LogP contribution is -2.45. The fraction of sp³-hybridized carbons (Fsp3) is 0.476. The number of hydrogen-bond acceptors (Lipinski definition) is 5. The minimum absolute atomic E-state index is 0.142. The number of hydrogen-bond donors (Lipinski definition) is 0. The van der Waals surface area contributed by atoms with Crippen molar-refractivity contribution in [2.75, 3.05) is 13.1 Å². The van der Waals surface area contributed by atoms with Gasteiger partial charge in [0.05, 0.1) is 18.8 Å². The van der Waals surface area contributed by atoms with Crippen molar-refractivity contribution in [2.24, 2.45) is 14.1 Å². The minimum atomic E-state index is -0.368. The molecule has 0 N–H and O–H groups in total. The number of rotatable bonds is 4. The third kappa shape index (κ3) is 3.65. The molecule has 154 valence electrons. The zero-order chi connectivity index (χ0) is 20.7. The molecule has 0 saturated carbocycles. The Bertz CT molecular complexity index is 1140. The Morgan fingerprint density at radius 2 is 1.66 bits per heavy atom. The van der Waals surface area contributed by atoms with Gasteiger partial charge in [0.25, 0.3) is 5.56 Å². The van der Waals surface area contributed by atoms with Crippen LogP contribution in [0.2, 0.25) is 0 Å². The Balaban J connectivity index is 1.85. The summed E-state index contributed by atoms with van der Waals surface area (Å²) in [6, 6.07) is 9.98. The summed E-state index contributed by atoms with van der Waals surface area (Å²) in [5, 5.41) is 0. The van der Waals surface area contributed by atoms with Crippen LogP contribution in [0.4, 0.5) is 0 Å². The molecule has 0 amide bonds. The molecule has 8 nitrogen and oxygen atoms in total. The van der Waals surface area contributed by atoms with Gasteiger partial charge in [-0.1, -0.05) is 30.3 Å². The van der Waals surface area contributed by atoms with Gasteiger partial charge in [-0.2, -0.15) is 0 Å². The number of morpholine rings is 1. The highest BCUT2D eigenvalue weighted by Crippen LogP contribution is 2.18. The molecule has 0 bridgehead atoms. The van der Waals surface area contributed by atoms with E-state index in [2.05, 4.69) is 18.7 Å². The van der Waals surface area contributed by atoms with Crippen molar-refractivity contribution in [1.82, 2.24) is 23.6 Å². The van der Waals surface area contributed by atoms with Crippen LogP contribution in [0.25, 0.3) is 11.2 Å². The van der Waals surface area contributed by atoms with Gasteiger partial charge in [-0.3, -0.25) is 18.8 Å². The van der Waals surface area contributed by atoms with Crippen molar-refractivity contribution < 1.29 is 4.74 Å². The number of fused-ring (bicyclic) bond motifs is 1. The van der Waals surface area contributed by atoms with Gasteiger partial charge in [-0.25, -0.2) is 9.78 Å². The molecule has 1 saturated heterocycles. The highest BCUT2D eigenvalue weighted by atomic mass is 16.5. The molecule has 1 aliphatic heterocycles. The average Bonchev–Trinajstić information content (AvgIpc) is 3.03. The monoisotopic (exact) mass is 397 g/mol. The predicted octanol–water partition coefficient (Wildman–Crippen LogP) is 1.09.